The van der Waals surface area contributed by atoms with E-state index in [4.69, 9.17) is 0 Å². The normalized spacial score (nSPS) is 17.7. The SMILES string of the molecule is Cc1c(C(=O)N(C)C2CCNC2)nnn1-c1cccc(Br)c1. The highest BCUT2D eigenvalue weighted by Gasteiger charge is 2.27. The lowest BCUT2D eigenvalue weighted by Crippen LogP contribution is -2.38. The Kier molecular flexibility index (Phi) is 4.26. The van der Waals surface area contributed by atoms with Gasteiger partial charge in [-0.05, 0) is 38.1 Å². The van der Waals surface area contributed by atoms with Crippen LogP contribution in [-0.4, -0.2) is 52.0 Å². The van der Waals surface area contributed by atoms with Crippen LogP contribution >= 0.6 is 15.9 Å². The summed E-state index contributed by atoms with van der Waals surface area (Å²) in [7, 11) is 1.83. The van der Waals surface area contributed by atoms with E-state index in [0.717, 1.165) is 35.4 Å². The monoisotopic (exact) mass is 363 g/mol. The van der Waals surface area contributed by atoms with Crippen LogP contribution in [0.4, 0.5) is 0 Å². The Bertz CT molecular complexity index is 693. The number of carbonyl (C=O) groups is 1. The molecule has 2 heterocycles. The average molecular weight is 364 g/mol. The fourth-order valence-electron chi connectivity index (χ4n) is 2.68. The third-order valence-electron chi connectivity index (χ3n) is 4.05. The first-order valence-electron chi connectivity index (χ1n) is 7.24. The summed E-state index contributed by atoms with van der Waals surface area (Å²) >= 11 is 3.44. The highest BCUT2D eigenvalue weighted by atomic mass is 79.9. The van der Waals surface area contributed by atoms with Crippen molar-refractivity contribution in [2.24, 2.45) is 0 Å². The molecule has 22 heavy (non-hydrogen) atoms. The molecule has 1 aromatic heterocycles. The van der Waals surface area contributed by atoms with Crippen molar-refractivity contribution in [3.05, 3.63) is 40.1 Å². The molecule has 1 aliphatic heterocycles. The molecule has 0 bridgehead atoms. The van der Waals surface area contributed by atoms with Crippen LogP contribution in [0.2, 0.25) is 0 Å². The number of carbonyl (C=O) groups excluding carboxylic acids is 1. The second-order valence-electron chi connectivity index (χ2n) is 5.48. The fourth-order valence-corrected chi connectivity index (χ4v) is 3.07. The van der Waals surface area contributed by atoms with Crippen LogP contribution in [-0.2, 0) is 0 Å². The van der Waals surface area contributed by atoms with Crippen molar-refractivity contribution >= 4 is 21.8 Å². The van der Waals surface area contributed by atoms with E-state index in [1.165, 1.54) is 0 Å². The van der Waals surface area contributed by atoms with Gasteiger partial charge in [0.15, 0.2) is 5.69 Å². The molecule has 6 nitrogen and oxygen atoms in total. The van der Waals surface area contributed by atoms with Gasteiger partial charge in [0.1, 0.15) is 0 Å². The van der Waals surface area contributed by atoms with E-state index < -0.39 is 0 Å². The smallest absolute Gasteiger partial charge is 0.276 e. The maximum atomic E-state index is 12.6. The van der Waals surface area contributed by atoms with E-state index in [9.17, 15) is 4.79 Å². The number of hydrogen-bond acceptors (Lipinski definition) is 4. The number of benzene rings is 1. The van der Waals surface area contributed by atoms with Crippen molar-refractivity contribution < 1.29 is 4.79 Å². The molecule has 2 aromatic rings. The highest BCUT2D eigenvalue weighted by Crippen LogP contribution is 2.18. The molecule has 1 aromatic carbocycles. The van der Waals surface area contributed by atoms with Crippen molar-refractivity contribution in [1.82, 2.24) is 25.2 Å². The molecule has 7 heteroatoms. The van der Waals surface area contributed by atoms with Gasteiger partial charge in [0.25, 0.3) is 5.91 Å². The summed E-state index contributed by atoms with van der Waals surface area (Å²) in [5.41, 5.74) is 2.04. The maximum absolute atomic E-state index is 12.6. The van der Waals surface area contributed by atoms with E-state index >= 15 is 0 Å². The Hall–Kier alpha value is -1.73. The zero-order chi connectivity index (χ0) is 15.7. The summed E-state index contributed by atoms with van der Waals surface area (Å²) in [6.07, 6.45) is 0.973. The lowest BCUT2D eigenvalue weighted by molar-refractivity contribution is 0.0737. The predicted molar refractivity (Wildman–Crippen MR) is 87.2 cm³/mol. The number of nitrogens with one attached hydrogen (secondary N) is 1. The van der Waals surface area contributed by atoms with Gasteiger partial charge >= 0.3 is 0 Å². The molecule has 0 saturated carbocycles. The van der Waals surface area contributed by atoms with Crippen molar-refractivity contribution in [2.75, 3.05) is 20.1 Å². The Morgan fingerprint density at radius 3 is 3.00 bits per heavy atom. The summed E-state index contributed by atoms with van der Waals surface area (Å²) in [5.74, 6) is -0.0764. The summed E-state index contributed by atoms with van der Waals surface area (Å²) in [6, 6.07) is 7.98. The van der Waals surface area contributed by atoms with Crippen LogP contribution in [0.1, 0.15) is 22.6 Å². The number of hydrogen-bond donors (Lipinski definition) is 1. The minimum Gasteiger partial charge on any atom is -0.336 e. The molecular weight excluding hydrogens is 346 g/mol. The highest BCUT2D eigenvalue weighted by molar-refractivity contribution is 9.10. The van der Waals surface area contributed by atoms with E-state index in [2.05, 4.69) is 31.6 Å². The van der Waals surface area contributed by atoms with Gasteiger partial charge in [0, 0.05) is 24.1 Å². The largest absolute Gasteiger partial charge is 0.336 e. The molecule has 1 atom stereocenters. The fraction of sp³-hybridized carbons (Fsp3) is 0.400. The number of aromatic nitrogens is 3. The number of rotatable bonds is 3. The number of nitrogens with zero attached hydrogens (tertiary/aromatic N) is 4. The van der Waals surface area contributed by atoms with Crippen LogP contribution in [0.3, 0.4) is 0 Å². The van der Waals surface area contributed by atoms with Crippen LogP contribution in [0.5, 0.6) is 0 Å². The zero-order valence-corrected chi connectivity index (χ0v) is 14.2. The van der Waals surface area contributed by atoms with Crippen LogP contribution in [0, 0.1) is 6.92 Å². The van der Waals surface area contributed by atoms with Gasteiger partial charge in [-0.25, -0.2) is 4.68 Å². The molecule has 0 aliphatic carbocycles. The van der Waals surface area contributed by atoms with Gasteiger partial charge in [-0.2, -0.15) is 0 Å². The molecule has 1 fully saturated rings. The van der Waals surface area contributed by atoms with E-state index in [1.807, 2.05) is 38.2 Å². The molecule has 116 valence electrons. The Morgan fingerprint density at radius 2 is 2.32 bits per heavy atom. The van der Waals surface area contributed by atoms with E-state index in [0.29, 0.717) is 5.69 Å². The number of halogens is 1. The Balaban J connectivity index is 1.88. The quantitative estimate of drug-likeness (QED) is 0.902. The second-order valence-corrected chi connectivity index (χ2v) is 6.39. The first kappa shape index (κ1) is 15.2. The summed E-state index contributed by atoms with van der Waals surface area (Å²) in [5, 5.41) is 11.5. The molecule has 1 aliphatic rings. The lowest BCUT2D eigenvalue weighted by atomic mass is 10.2. The molecule has 0 spiro atoms. The molecule has 0 radical (unpaired) electrons. The van der Waals surface area contributed by atoms with Gasteiger partial charge in [-0.15, -0.1) is 5.10 Å². The van der Waals surface area contributed by atoms with E-state index in [1.54, 1.807) is 9.58 Å². The van der Waals surface area contributed by atoms with Gasteiger partial charge < -0.3 is 10.2 Å². The van der Waals surface area contributed by atoms with E-state index in [-0.39, 0.29) is 11.9 Å². The minimum atomic E-state index is -0.0764. The summed E-state index contributed by atoms with van der Waals surface area (Å²) in [4.78, 5) is 14.4. The van der Waals surface area contributed by atoms with Crippen LogP contribution in [0.15, 0.2) is 28.7 Å². The molecule has 1 amide bonds. The van der Waals surface area contributed by atoms with Crippen LogP contribution < -0.4 is 5.32 Å². The van der Waals surface area contributed by atoms with Gasteiger partial charge in [-0.3, -0.25) is 4.79 Å². The Morgan fingerprint density at radius 1 is 1.50 bits per heavy atom. The molecular formula is C15H18BrN5O. The number of amides is 1. The molecule has 1 saturated heterocycles. The van der Waals surface area contributed by atoms with Crippen molar-refractivity contribution in [2.45, 2.75) is 19.4 Å². The third kappa shape index (κ3) is 2.78. The van der Waals surface area contributed by atoms with Gasteiger partial charge in [0.05, 0.1) is 11.4 Å². The maximum Gasteiger partial charge on any atom is 0.276 e. The second kappa shape index (κ2) is 6.18. The van der Waals surface area contributed by atoms with Gasteiger partial charge in [0.2, 0.25) is 0 Å². The number of likely N-dealkylation sites (N-methyl/N-ethyl adjacent to an activating group) is 1. The van der Waals surface area contributed by atoms with Gasteiger partial charge in [-0.1, -0.05) is 27.2 Å². The standard InChI is InChI=1S/C15H18BrN5O/c1-10-14(15(22)20(2)13-6-7-17-9-13)18-19-21(10)12-5-3-4-11(16)8-12/h3-5,8,13,17H,6-7,9H2,1-2H3. The van der Waals surface area contributed by atoms with Crippen molar-refractivity contribution in [3.8, 4) is 5.69 Å². The Labute approximate surface area is 137 Å². The zero-order valence-electron chi connectivity index (χ0n) is 12.6. The van der Waals surface area contributed by atoms with Crippen molar-refractivity contribution in [3.63, 3.8) is 0 Å². The third-order valence-corrected chi connectivity index (χ3v) is 4.55. The van der Waals surface area contributed by atoms with Crippen molar-refractivity contribution in [1.29, 1.82) is 0 Å². The lowest BCUT2D eigenvalue weighted by Gasteiger charge is -2.22. The predicted octanol–water partition coefficient (Wildman–Crippen LogP) is 1.77. The molecule has 1 N–H and O–H groups in total. The summed E-state index contributed by atoms with van der Waals surface area (Å²) < 4.78 is 2.65. The topological polar surface area (TPSA) is 63.1 Å². The molecule has 1 unspecified atom stereocenters. The minimum absolute atomic E-state index is 0.0764. The first-order valence-corrected chi connectivity index (χ1v) is 8.03. The summed E-state index contributed by atoms with van der Waals surface area (Å²) in [6.45, 7) is 3.65. The molecule has 3 rings (SSSR count). The van der Waals surface area contributed by atoms with Crippen LogP contribution in [0.25, 0.3) is 5.69 Å². The average Bonchev–Trinajstić information content (AvgIpc) is 3.15. The first-order chi connectivity index (χ1) is 10.6.